The van der Waals surface area contributed by atoms with Gasteiger partial charge in [0.2, 0.25) is 0 Å². The monoisotopic (exact) mass is 385 g/mol. The van der Waals surface area contributed by atoms with Crippen LogP contribution >= 0.6 is 0 Å². The number of amides is 2. The summed E-state index contributed by atoms with van der Waals surface area (Å²) in [7, 11) is 1.20. The first-order chi connectivity index (χ1) is 13.2. The molecule has 10 heteroatoms. The fourth-order valence-electron chi connectivity index (χ4n) is 2.37. The number of anilines is 1. The molecular formula is C18H17N4O6-. The van der Waals surface area contributed by atoms with Gasteiger partial charge in [0.05, 0.1) is 18.2 Å². The second kappa shape index (κ2) is 8.62. The Hall–Kier alpha value is -3.95. The lowest BCUT2D eigenvalue weighted by molar-refractivity contribution is -0.398. The predicted molar refractivity (Wildman–Crippen MR) is 99.4 cm³/mol. The quantitative estimate of drug-likeness (QED) is 0.344. The molecule has 0 bridgehead atoms. The number of hydrogen-bond acceptors (Lipinski definition) is 7. The maximum atomic E-state index is 12.0. The first-order valence-corrected chi connectivity index (χ1v) is 7.98. The molecule has 28 heavy (non-hydrogen) atoms. The number of nitrogens with zero attached hydrogens (tertiary/aromatic N) is 2. The number of nitrogens with one attached hydrogen (secondary N) is 2. The third-order valence-corrected chi connectivity index (χ3v) is 3.78. The number of hydrazone groups is 1. The van der Waals surface area contributed by atoms with Crippen molar-refractivity contribution in [2.45, 2.75) is 13.8 Å². The van der Waals surface area contributed by atoms with Crippen molar-refractivity contribution in [3.8, 4) is 11.5 Å². The molecule has 2 amide bonds. The van der Waals surface area contributed by atoms with Crippen LogP contribution in [-0.4, -0.2) is 30.1 Å². The summed E-state index contributed by atoms with van der Waals surface area (Å²) in [5.74, 6) is -3.06. The minimum absolute atomic E-state index is 0.138. The average Bonchev–Trinajstić information content (AvgIpc) is 2.65. The number of ether oxygens (including phenoxy) is 1. The number of carbonyl (C=O) groups is 2. The summed E-state index contributed by atoms with van der Waals surface area (Å²) in [6.45, 7) is 3.58. The SMILES string of the molecule is COc1cc(/C=N\NC(=O)C(=O)Nc2c(C)cccc2C)cc([N+](=O)[O-])c1[O-]. The van der Waals surface area contributed by atoms with E-state index >= 15 is 0 Å². The lowest BCUT2D eigenvalue weighted by Crippen LogP contribution is -2.32. The molecule has 2 rings (SSSR count). The standard InChI is InChI=1S/C18H18N4O6/c1-10-5-4-6-11(2)15(10)20-17(24)18(25)21-19-9-12-7-13(22(26)27)16(23)14(8-12)28-3/h4-9,23H,1-3H3,(H,20,24)(H,21,25)/p-1/b19-9-. The maximum Gasteiger partial charge on any atom is 0.329 e. The van der Waals surface area contributed by atoms with Gasteiger partial charge in [0.15, 0.2) is 0 Å². The van der Waals surface area contributed by atoms with Gasteiger partial charge in [-0.25, -0.2) is 5.43 Å². The van der Waals surface area contributed by atoms with E-state index in [4.69, 9.17) is 4.74 Å². The molecule has 0 radical (unpaired) electrons. The fraction of sp³-hybridized carbons (Fsp3) is 0.167. The molecule has 0 aliphatic carbocycles. The lowest BCUT2D eigenvalue weighted by Gasteiger charge is -2.13. The Morgan fingerprint density at radius 2 is 1.82 bits per heavy atom. The smallest absolute Gasteiger partial charge is 0.329 e. The Balaban J connectivity index is 2.10. The predicted octanol–water partition coefficient (Wildman–Crippen LogP) is 1.38. The molecule has 0 aliphatic rings. The summed E-state index contributed by atoms with van der Waals surface area (Å²) in [5.41, 5.74) is 3.58. The Kier molecular flexibility index (Phi) is 6.27. The van der Waals surface area contributed by atoms with E-state index in [2.05, 4.69) is 10.4 Å². The minimum atomic E-state index is -1.03. The minimum Gasteiger partial charge on any atom is -0.865 e. The summed E-state index contributed by atoms with van der Waals surface area (Å²) in [6.07, 6.45) is 1.05. The molecule has 10 nitrogen and oxygen atoms in total. The average molecular weight is 385 g/mol. The van der Waals surface area contributed by atoms with E-state index in [0.29, 0.717) is 5.69 Å². The third-order valence-electron chi connectivity index (χ3n) is 3.78. The van der Waals surface area contributed by atoms with Crippen LogP contribution in [0.15, 0.2) is 35.4 Å². The van der Waals surface area contributed by atoms with Crippen LogP contribution in [-0.2, 0) is 9.59 Å². The zero-order chi connectivity index (χ0) is 20.8. The van der Waals surface area contributed by atoms with Crippen molar-refractivity contribution in [1.29, 1.82) is 0 Å². The summed E-state index contributed by atoms with van der Waals surface area (Å²) < 4.78 is 4.80. The van der Waals surface area contributed by atoms with Crippen molar-refractivity contribution in [2.75, 3.05) is 12.4 Å². The summed E-state index contributed by atoms with van der Waals surface area (Å²) in [4.78, 5) is 34.0. The van der Waals surface area contributed by atoms with E-state index in [-0.39, 0.29) is 11.3 Å². The number of carbonyl (C=O) groups excluding carboxylic acids is 2. The van der Waals surface area contributed by atoms with Gasteiger partial charge in [-0.2, -0.15) is 5.10 Å². The highest BCUT2D eigenvalue weighted by atomic mass is 16.6. The van der Waals surface area contributed by atoms with Gasteiger partial charge in [0.1, 0.15) is 5.75 Å². The summed E-state index contributed by atoms with van der Waals surface area (Å²) >= 11 is 0. The maximum absolute atomic E-state index is 12.0. The molecule has 2 N–H and O–H groups in total. The molecule has 0 fully saturated rings. The number of aryl methyl sites for hydroxylation is 2. The number of benzene rings is 2. The molecule has 146 valence electrons. The van der Waals surface area contributed by atoms with Crippen LogP contribution in [0.3, 0.4) is 0 Å². The van der Waals surface area contributed by atoms with E-state index in [0.717, 1.165) is 23.4 Å². The van der Waals surface area contributed by atoms with Crippen molar-refractivity contribution < 1.29 is 24.4 Å². The topological polar surface area (TPSA) is 146 Å². The molecule has 0 heterocycles. The van der Waals surface area contributed by atoms with Gasteiger partial charge in [-0.1, -0.05) is 18.2 Å². The molecule has 0 aliphatic heterocycles. The Morgan fingerprint density at radius 3 is 2.39 bits per heavy atom. The number of methoxy groups -OCH3 is 1. The zero-order valence-corrected chi connectivity index (χ0v) is 15.3. The molecule has 2 aromatic rings. The number of hydrogen-bond donors (Lipinski definition) is 2. The van der Waals surface area contributed by atoms with Crippen LogP contribution in [0.5, 0.6) is 11.5 Å². The zero-order valence-electron chi connectivity index (χ0n) is 15.3. The Bertz CT molecular complexity index is 951. The van der Waals surface area contributed by atoms with Crippen LogP contribution in [0.25, 0.3) is 0 Å². The first-order valence-electron chi connectivity index (χ1n) is 7.98. The van der Waals surface area contributed by atoms with E-state index in [1.165, 1.54) is 13.2 Å². The van der Waals surface area contributed by atoms with Crippen LogP contribution in [0, 0.1) is 24.0 Å². The molecule has 2 aromatic carbocycles. The van der Waals surface area contributed by atoms with E-state index in [9.17, 15) is 24.8 Å². The number of nitro groups is 1. The molecule has 0 spiro atoms. The van der Waals surface area contributed by atoms with Gasteiger partial charge in [-0.3, -0.25) is 19.7 Å². The highest BCUT2D eigenvalue weighted by Crippen LogP contribution is 2.33. The van der Waals surface area contributed by atoms with Crippen molar-refractivity contribution >= 4 is 29.4 Å². The third kappa shape index (κ3) is 4.61. The largest absolute Gasteiger partial charge is 0.865 e. The van der Waals surface area contributed by atoms with Gasteiger partial charge < -0.3 is 15.2 Å². The van der Waals surface area contributed by atoms with E-state index < -0.39 is 28.2 Å². The second-order valence-corrected chi connectivity index (χ2v) is 5.75. The summed E-state index contributed by atoms with van der Waals surface area (Å²) in [5, 5.41) is 28.8. The first kappa shape index (κ1) is 20.4. The van der Waals surface area contributed by atoms with Gasteiger partial charge in [0, 0.05) is 23.1 Å². The highest BCUT2D eigenvalue weighted by molar-refractivity contribution is 6.39. The molecule has 0 saturated heterocycles. The van der Waals surface area contributed by atoms with Crippen molar-refractivity contribution in [1.82, 2.24) is 5.43 Å². The Morgan fingerprint density at radius 1 is 1.18 bits per heavy atom. The van der Waals surface area contributed by atoms with Crippen LogP contribution in [0.1, 0.15) is 16.7 Å². The van der Waals surface area contributed by atoms with Crippen molar-refractivity contribution in [3.05, 3.63) is 57.1 Å². The number of nitro benzene ring substituents is 1. The molecule has 0 saturated carbocycles. The van der Waals surface area contributed by atoms with Crippen molar-refractivity contribution in [2.24, 2.45) is 5.10 Å². The van der Waals surface area contributed by atoms with Gasteiger partial charge in [-0.05, 0) is 31.0 Å². The van der Waals surface area contributed by atoms with Crippen LogP contribution in [0.4, 0.5) is 11.4 Å². The number of para-hydroxylation sites is 1. The Labute approximate surface area is 160 Å². The number of rotatable bonds is 5. The van der Waals surface area contributed by atoms with Crippen LogP contribution < -0.4 is 20.6 Å². The summed E-state index contributed by atoms with van der Waals surface area (Å²) in [6, 6.07) is 7.61. The lowest BCUT2D eigenvalue weighted by atomic mass is 10.1. The highest BCUT2D eigenvalue weighted by Gasteiger charge is 2.16. The molecule has 0 aromatic heterocycles. The van der Waals surface area contributed by atoms with E-state index in [1.807, 2.05) is 11.5 Å². The molecule has 0 atom stereocenters. The molecular weight excluding hydrogens is 368 g/mol. The fourth-order valence-corrected chi connectivity index (χ4v) is 2.37. The van der Waals surface area contributed by atoms with Gasteiger partial charge in [-0.15, -0.1) is 0 Å². The normalized spacial score (nSPS) is 10.5. The van der Waals surface area contributed by atoms with E-state index in [1.54, 1.807) is 26.0 Å². The van der Waals surface area contributed by atoms with Crippen molar-refractivity contribution in [3.63, 3.8) is 0 Å². The van der Waals surface area contributed by atoms with Crippen LogP contribution in [0.2, 0.25) is 0 Å². The van der Waals surface area contributed by atoms with Gasteiger partial charge >= 0.3 is 11.8 Å². The molecule has 0 unspecified atom stereocenters. The van der Waals surface area contributed by atoms with Gasteiger partial charge in [0.25, 0.3) is 5.69 Å². The second-order valence-electron chi connectivity index (χ2n) is 5.75.